The Morgan fingerprint density at radius 3 is 2.44 bits per heavy atom. The summed E-state index contributed by atoms with van der Waals surface area (Å²) in [6.07, 6.45) is -3.51. The van der Waals surface area contributed by atoms with E-state index in [-0.39, 0.29) is 27.2 Å². The van der Waals surface area contributed by atoms with Crippen LogP contribution < -0.4 is 10.5 Å². The van der Waals surface area contributed by atoms with E-state index in [1.54, 1.807) is 0 Å². The number of aromatic amines is 1. The zero-order chi connectivity index (χ0) is 18.4. The maximum Gasteiger partial charge on any atom is 0.416 e. The first-order valence-corrected chi connectivity index (χ1v) is 8.32. The van der Waals surface area contributed by atoms with E-state index in [1.165, 1.54) is 6.07 Å². The van der Waals surface area contributed by atoms with Crippen LogP contribution in [0, 0.1) is 5.82 Å². The summed E-state index contributed by atoms with van der Waals surface area (Å²) < 4.78 is 78.9. The minimum atomic E-state index is -4.55. The van der Waals surface area contributed by atoms with Gasteiger partial charge < -0.3 is 10.7 Å². The van der Waals surface area contributed by atoms with E-state index < -0.39 is 27.6 Å². The molecule has 2 aromatic carbocycles. The standard InChI is InChI=1S/C15H11F4N3O2S/c16-11-6-9(20)2-4-12(11)22-25(23,24)14-7-21-13-5-8(15(17,18)19)1-3-10(13)14/h1-7,21-22H,20H2. The van der Waals surface area contributed by atoms with Crippen molar-refractivity contribution < 1.29 is 26.0 Å². The van der Waals surface area contributed by atoms with Crippen molar-refractivity contribution in [2.45, 2.75) is 11.1 Å². The quantitative estimate of drug-likeness (QED) is 0.483. The van der Waals surface area contributed by atoms with Gasteiger partial charge in [-0.25, -0.2) is 12.8 Å². The van der Waals surface area contributed by atoms with Crippen molar-refractivity contribution in [3.63, 3.8) is 0 Å². The molecule has 0 saturated heterocycles. The van der Waals surface area contributed by atoms with Crippen LogP contribution in [0.25, 0.3) is 10.9 Å². The van der Waals surface area contributed by atoms with Crippen LogP contribution in [0.1, 0.15) is 5.56 Å². The Kier molecular flexibility index (Phi) is 3.87. The fourth-order valence-corrected chi connectivity index (χ4v) is 3.56. The van der Waals surface area contributed by atoms with Crippen LogP contribution in [0.2, 0.25) is 0 Å². The molecule has 0 aliphatic heterocycles. The van der Waals surface area contributed by atoms with Gasteiger partial charge in [0.1, 0.15) is 10.7 Å². The number of aromatic nitrogens is 1. The first-order valence-electron chi connectivity index (χ1n) is 6.84. The number of anilines is 2. The molecule has 0 fully saturated rings. The van der Waals surface area contributed by atoms with Gasteiger partial charge in [0.25, 0.3) is 10.0 Å². The van der Waals surface area contributed by atoms with Gasteiger partial charge in [-0.3, -0.25) is 4.72 Å². The largest absolute Gasteiger partial charge is 0.416 e. The van der Waals surface area contributed by atoms with Gasteiger partial charge in [-0.15, -0.1) is 0 Å². The summed E-state index contributed by atoms with van der Waals surface area (Å²) in [4.78, 5) is 2.18. The number of benzene rings is 2. The van der Waals surface area contributed by atoms with Gasteiger partial charge >= 0.3 is 6.18 Å². The summed E-state index contributed by atoms with van der Waals surface area (Å²) in [5.41, 5.74) is 4.27. The van der Waals surface area contributed by atoms with Crippen LogP contribution >= 0.6 is 0 Å². The molecule has 0 spiro atoms. The Hall–Kier alpha value is -2.75. The van der Waals surface area contributed by atoms with Crippen molar-refractivity contribution in [3.8, 4) is 0 Å². The highest BCUT2D eigenvalue weighted by Gasteiger charge is 2.31. The van der Waals surface area contributed by atoms with Crippen LogP contribution in [0.4, 0.5) is 28.9 Å². The number of halogens is 4. The molecule has 5 nitrogen and oxygen atoms in total. The highest BCUT2D eigenvalue weighted by atomic mass is 32.2. The molecular formula is C15H11F4N3O2S. The van der Waals surface area contributed by atoms with E-state index in [0.717, 1.165) is 36.5 Å². The van der Waals surface area contributed by atoms with Crippen molar-refractivity contribution in [1.82, 2.24) is 4.98 Å². The van der Waals surface area contributed by atoms with Gasteiger partial charge in [-0.2, -0.15) is 13.2 Å². The molecule has 0 radical (unpaired) electrons. The smallest absolute Gasteiger partial charge is 0.399 e. The van der Waals surface area contributed by atoms with Gasteiger partial charge in [-0.05, 0) is 30.3 Å². The monoisotopic (exact) mass is 373 g/mol. The Morgan fingerprint density at radius 1 is 1.08 bits per heavy atom. The molecule has 1 aromatic heterocycles. The molecule has 0 bridgehead atoms. The van der Waals surface area contributed by atoms with Crippen LogP contribution in [-0.2, 0) is 16.2 Å². The molecule has 3 aromatic rings. The number of sulfonamides is 1. The summed E-state index contributed by atoms with van der Waals surface area (Å²) in [6.45, 7) is 0. The van der Waals surface area contributed by atoms with E-state index in [9.17, 15) is 26.0 Å². The molecular weight excluding hydrogens is 362 g/mol. The number of H-pyrrole nitrogens is 1. The van der Waals surface area contributed by atoms with Gasteiger partial charge in [0.05, 0.1) is 11.3 Å². The number of nitrogens with one attached hydrogen (secondary N) is 2. The number of nitrogens with two attached hydrogens (primary N) is 1. The number of hydrogen-bond acceptors (Lipinski definition) is 3. The second-order valence-electron chi connectivity index (χ2n) is 5.26. The third-order valence-electron chi connectivity index (χ3n) is 3.50. The van der Waals surface area contributed by atoms with Gasteiger partial charge in [0.15, 0.2) is 0 Å². The van der Waals surface area contributed by atoms with Crippen molar-refractivity contribution >= 4 is 32.3 Å². The Bertz CT molecular complexity index is 1060. The van der Waals surface area contributed by atoms with Gasteiger partial charge in [0.2, 0.25) is 0 Å². The fraction of sp³-hybridized carbons (Fsp3) is 0.0667. The summed E-state index contributed by atoms with van der Waals surface area (Å²) in [5.74, 6) is -0.872. The van der Waals surface area contributed by atoms with Crippen molar-refractivity contribution in [3.05, 3.63) is 54.0 Å². The van der Waals surface area contributed by atoms with Crippen LogP contribution in [0.5, 0.6) is 0 Å². The molecule has 0 unspecified atom stereocenters. The minimum Gasteiger partial charge on any atom is -0.399 e. The SMILES string of the molecule is Nc1ccc(NS(=O)(=O)c2c[nH]c3cc(C(F)(F)F)ccc23)c(F)c1. The maximum atomic E-state index is 13.8. The lowest BCUT2D eigenvalue weighted by atomic mass is 10.1. The van der Waals surface area contributed by atoms with Crippen molar-refractivity contribution in [2.24, 2.45) is 0 Å². The molecule has 25 heavy (non-hydrogen) atoms. The Labute approximate surface area is 139 Å². The zero-order valence-electron chi connectivity index (χ0n) is 12.4. The lowest BCUT2D eigenvalue weighted by Crippen LogP contribution is -2.13. The normalized spacial score (nSPS) is 12.5. The number of nitrogen functional groups attached to an aromatic ring is 1. The van der Waals surface area contributed by atoms with E-state index in [4.69, 9.17) is 5.73 Å². The Balaban J connectivity index is 2.03. The number of rotatable bonds is 3. The molecule has 0 atom stereocenters. The summed E-state index contributed by atoms with van der Waals surface area (Å²) in [6, 6.07) is 6.03. The lowest BCUT2D eigenvalue weighted by molar-refractivity contribution is -0.137. The van der Waals surface area contributed by atoms with Crippen molar-refractivity contribution in [1.29, 1.82) is 0 Å². The third kappa shape index (κ3) is 3.25. The molecule has 0 aliphatic rings. The van der Waals surface area contributed by atoms with Crippen LogP contribution in [-0.4, -0.2) is 13.4 Å². The average molecular weight is 373 g/mol. The van der Waals surface area contributed by atoms with E-state index >= 15 is 0 Å². The second-order valence-corrected chi connectivity index (χ2v) is 6.91. The van der Waals surface area contributed by atoms with E-state index in [0.29, 0.717) is 0 Å². The Morgan fingerprint density at radius 2 is 1.80 bits per heavy atom. The minimum absolute atomic E-state index is 0.00650. The van der Waals surface area contributed by atoms with Gasteiger partial charge in [-0.1, -0.05) is 6.07 Å². The number of fused-ring (bicyclic) bond motifs is 1. The first kappa shape index (κ1) is 17.1. The summed E-state index contributed by atoms with van der Waals surface area (Å²) in [5, 5.41) is 0.0522. The van der Waals surface area contributed by atoms with Crippen LogP contribution in [0.3, 0.4) is 0 Å². The predicted molar refractivity (Wildman–Crippen MR) is 84.9 cm³/mol. The van der Waals surface area contributed by atoms with Crippen molar-refractivity contribution in [2.75, 3.05) is 10.5 Å². The highest BCUT2D eigenvalue weighted by Crippen LogP contribution is 2.33. The summed E-state index contributed by atoms with van der Waals surface area (Å²) in [7, 11) is -4.22. The van der Waals surface area contributed by atoms with Gasteiger partial charge in [0, 0.05) is 22.8 Å². The van der Waals surface area contributed by atoms with Crippen LogP contribution in [0.15, 0.2) is 47.5 Å². The fourth-order valence-electron chi connectivity index (χ4n) is 2.31. The summed E-state index contributed by atoms with van der Waals surface area (Å²) >= 11 is 0. The molecule has 132 valence electrons. The molecule has 0 amide bonds. The average Bonchev–Trinajstić information content (AvgIpc) is 2.93. The number of hydrogen-bond donors (Lipinski definition) is 3. The molecule has 1 heterocycles. The third-order valence-corrected chi connectivity index (χ3v) is 4.90. The molecule has 3 rings (SSSR count). The molecule has 0 saturated carbocycles. The lowest BCUT2D eigenvalue weighted by Gasteiger charge is -2.09. The molecule has 0 aliphatic carbocycles. The number of alkyl halides is 3. The first-order chi connectivity index (χ1) is 11.6. The maximum absolute atomic E-state index is 13.8. The van der Waals surface area contributed by atoms with E-state index in [1.807, 2.05) is 0 Å². The second kappa shape index (κ2) is 5.66. The predicted octanol–water partition coefficient (Wildman–Crippen LogP) is 3.71. The highest BCUT2D eigenvalue weighted by molar-refractivity contribution is 7.93. The molecule has 10 heteroatoms. The zero-order valence-corrected chi connectivity index (χ0v) is 13.2. The van der Waals surface area contributed by atoms with E-state index in [2.05, 4.69) is 9.71 Å². The molecule has 4 N–H and O–H groups in total. The topological polar surface area (TPSA) is 88.0 Å².